The lowest BCUT2D eigenvalue weighted by Crippen LogP contribution is -2.27. The van der Waals surface area contributed by atoms with Crippen LogP contribution in [-0.2, 0) is 5.41 Å². The van der Waals surface area contributed by atoms with Crippen molar-refractivity contribution in [2.24, 2.45) is 0 Å². The molecule has 0 unspecified atom stereocenters. The summed E-state index contributed by atoms with van der Waals surface area (Å²) in [4.78, 5) is 10.6. The van der Waals surface area contributed by atoms with Crippen LogP contribution in [0.25, 0.3) is 11.0 Å². The van der Waals surface area contributed by atoms with E-state index in [2.05, 4.69) is 20.2 Å². The van der Waals surface area contributed by atoms with E-state index < -0.39 is 5.92 Å². The zero-order valence-corrected chi connectivity index (χ0v) is 11.7. The van der Waals surface area contributed by atoms with E-state index >= 15 is 0 Å². The maximum atomic E-state index is 13.4. The van der Waals surface area contributed by atoms with Crippen LogP contribution in [0.4, 0.5) is 14.6 Å². The third-order valence-corrected chi connectivity index (χ3v) is 3.43. The van der Waals surface area contributed by atoms with Crippen molar-refractivity contribution in [3.8, 4) is 0 Å². The highest BCUT2D eigenvalue weighted by Gasteiger charge is 2.39. The van der Waals surface area contributed by atoms with Gasteiger partial charge in [0.25, 0.3) is 5.92 Å². The second-order valence-corrected chi connectivity index (χ2v) is 6.28. The molecule has 0 saturated carbocycles. The van der Waals surface area contributed by atoms with Gasteiger partial charge in [0.15, 0.2) is 5.65 Å². The molecule has 3 rings (SSSR count). The predicted molar refractivity (Wildman–Crippen MR) is 72.2 cm³/mol. The molecular weight excluding hydrogens is 264 g/mol. The molecule has 2 aromatic rings. The number of H-pyrrole nitrogens is 1. The van der Waals surface area contributed by atoms with Gasteiger partial charge in [-0.15, -0.1) is 0 Å². The van der Waals surface area contributed by atoms with Crippen molar-refractivity contribution in [3.05, 3.63) is 12.0 Å². The van der Waals surface area contributed by atoms with Gasteiger partial charge in [0.2, 0.25) is 0 Å². The number of fused-ring (bicyclic) bond motifs is 1. The van der Waals surface area contributed by atoms with Gasteiger partial charge in [0, 0.05) is 18.4 Å². The molecule has 108 valence electrons. The van der Waals surface area contributed by atoms with E-state index in [0.29, 0.717) is 29.2 Å². The van der Waals surface area contributed by atoms with E-state index in [1.807, 2.05) is 20.8 Å². The Morgan fingerprint density at radius 1 is 1.30 bits per heavy atom. The minimum atomic E-state index is -2.65. The van der Waals surface area contributed by atoms with Crippen molar-refractivity contribution in [3.63, 3.8) is 0 Å². The van der Waals surface area contributed by atoms with Crippen molar-refractivity contribution < 1.29 is 8.78 Å². The molecule has 1 N–H and O–H groups in total. The summed E-state index contributed by atoms with van der Waals surface area (Å²) < 4.78 is 26.9. The van der Waals surface area contributed by atoms with Gasteiger partial charge in [-0.25, -0.2) is 18.7 Å². The van der Waals surface area contributed by atoms with E-state index in [1.54, 1.807) is 11.1 Å². The molecule has 0 amide bonds. The largest absolute Gasteiger partial charge is 0.350 e. The molecule has 2 aromatic heterocycles. The fraction of sp³-hybridized carbons (Fsp3) is 0.615. The number of aromatic amines is 1. The van der Waals surface area contributed by atoms with E-state index in [9.17, 15) is 8.78 Å². The maximum Gasteiger partial charge on any atom is 0.266 e. The van der Waals surface area contributed by atoms with Crippen LogP contribution in [0, 0.1) is 0 Å². The van der Waals surface area contributed by atoms with E-state index in [1.165, 1.54) is 0 Å². The molecule has 1 aliphatic heterocycles. The van der Waals surface area contributed by atoms with Gasteiger partial charge in [0.05, 0.1) is 18.1 Å². The molecular formula is C13H17F2N5. The highest BCUT2D eigenvalue weighted by Crippen LogP contribution is 2.34. The molecule has 1 aliphatic rings. The van der Waals surface area contributed by atoms with E-state index in [4.69, 9.17) is 0 Å². The molecule has 3 heterocycles. The van der Waals surface area contributed by atoms with Crippen molar-refractivity contribution >= 4 is 16.9 Å². The van der Waals surface area contributed by atoms with Gasteiger partial charge in [0.1, 0.15) is 11.6 Å². The third-order valence-electron chi connectivity index (χ3n) is 3.43. The first-order valence-electron chi connectivity index (χ1n) is 6.61. The Morgan fingerprint density at radius 3 is 2.65 bits per heavy atom. The predicted octanol–water partition coefficient (Wildman–Crippen LogP) is 2.50. The van der Waals surface area contributed by atoms with Crippen molar-refractivity contribution in [1.82, 2.24) is 20.2 Å². The summed E-state index contributed by atoms with van der Waals surface area (Å²) in [5, 5.41) is 7.44. The van der Waals surface area contributed by atoms with Crippen LogP contribution in [-0.4, -0.2) is 39.2 Å². The number of hydrogen-bond acceptors (Lipinski definition) is 4. The first-order chi connectivity index (χ1) is 9.26. The number of aromatic nitrogens is 4. The minimum absolute atomic E-state index is 0.138. The van der Waals surface area contributed by atoms with Crippen LogP contribution in [0.3, 0.4) is 0 Å². The molecule has 7 heteroatoms. The SMILES string of the molecule is CC(C)(C)c1nc(N2CCC(F)(F)C2)c2cn[nH]c2n1. The first-order valence-corrected chi connectivity index (χ1v) is 6.61. The summed E-state index contributed by atoms with van der Waals surface area (Å²) in [5.74, 6) is -1.48. The number of nitrogens with zero attached hydrogens (tertiary/aromatic N) is 4. The van der Waals surface area contributed by atoms with Crippen molar-refractivity contribution in [2.75, 3.05) is 18.0 Å². The second-order valence-electron chi connectivity index (χ2n) is 6.28. The lowest BCUT2D eigenvalue weighted by atomic mass is 9.95. The lowest BCUT2D eigenvalue weighted by molar-refractivity contribution is 0.0257. The summed E-state index contributed by atoms with van der Waals surface area (Å²) in [6.07, 6.45) is 1.45. The number of hydrogen-bond donors (Lipinski definition) is 1. The van der Waals surface area contributed by atoms with Crippen LogP contribution in [0.5, 0.6) is 0 Å². The number of rotatable bonds is 1. The van der Waals surface area contributed by atoms with Crippen LogP contribution in [0.1, 0.15) is 33.0 Å². The van der Waals surface area contributed by atoms with Crippen LogP contribution >= 0.6 is 0 Å². The second kappa shape index (κ2) is 4.10. The molecule has 0 bridgehead atoms. The Morgan fingerprint density at radius 2 is 2.05 bits per heavy atom. The zero-order chi connectivity index (χ0) is 14.5. The van der Waals surface area contributed by atoms with E-state index in [0.717, 1.165) is 0 Å². The fourth-order valence-electron chi connectivity index (χ4n) is 2.31. The number of alkyl halides is 2. The molecule has 0 atom stereocenters. The zero-order valence-electron chi connectivity index (χ0n) is 11.7. The quantitative estimate of drug-likeness (QED) is 0.872. The molecule has 0 aliphatic carbocycles. The minimum Gasteiger partial charge on any atom is -0.350 e. The van der Waals surface area contributed by atoms with Crippen molar-refractivity contribution in [1.29, 1.82) is 0 Å². The van der Waals surface area contributed by atoms with Crippen LogP contribution < -0.4 is 4.90 Å². The van der Waals surface area contributed by atoms with Gasteiger partial charge in [-0.1, -0.05) is 20.8 Å². The van der Waals surface area contributed by atoms with Crippen molar-refractivity contribution in [2.45, 2.75) is 38.5 Å². The standard InChI is InChI=1S/C13H17F2N5/c1-12(2,3)11-17-9-8(6-16-19-9)10(18-11)20-5-4-13(14,15)7-20/h6H,4-5,7H2,1-3H3,(H,16,17,18,19). The highest BCUT2D eigenvalue weighted by atomic mass is 19.3. The number of nitrogens with one attached hydrogen (secondary N) is 1. The Labute approximate surface area is 115 Å². The number of halogens is 2. The number of anilines is 1. The van der Waals surface area contributed by atoms with Crippen LogP contribution in [0.2, 0.25) is 0 Å². The molecule has 1 fully saturated rings. The molecule has 0 aromatic carbocycles. The molecule has 1 saturated heterocycles. The smallest absolute Gasteiger partial charge is 0.266 e. The van der Waals surface area contributed by atoms with E-state index in [-0.39, 0.29) is 18.4 Å². The summed E-state index contributed by atoms with van der Waals surface area (Å²) in [6.45, 7) is 5.98. The monoisotopic (exact) mass is 281 g/mol. The summed E-state index contributed by atoms with van der Waals surface area (Å²) in [6, 6.07) is 0. The first kappa shape index (κ1) is 13.2. The van der Waals surface area contributed by atoms with Gasteiger partial charge in [-0.05, 0) is 0 Å². The molecule has 0 radical (unpaired) electrons. The lowest BCUT2D eigenvalue weighted by Gasteiger charge is -2.22. The summed E-state index contributed by atoms with van der Waals surface area (Å²) >= 11 is 0. The van der Waals surface area contributed by atoms with Gasteiger partial charge in [-0.2, -0.15) is 5.10 Å². The summed E-state index contributed by atoms with van der Waals surface area (Å²) in [7, 11) is 0. The third kappa shape index (κ3) is 2.21. The van der Waals surface area contributed by atoms with Gasteiger partial charge >= 0.3 is 0 Å². The Hall–Kier alpha value is -1.79. The maximum absolute atomic E-state index is 13.4. The Kier molecular flexibility index (Phi) is 2.71. The average Bonchev–Trinajstić information content (AvgIpc) is 2.92. The molecule has 5 nitrogen and oxygen atoms in total. The van der Waals surface area contributed by atoms with Gasteiger partial charge < -0.3 is 4.90 Å². The molecule has 20 heavy (non-hydrogen) atoms. The normalized spacial score (nSPS) is 18.9. The van der Waals surface area contributed by atoms with Gasteiger partial charge in [-0.3, -0.25) is 5.10 Å². The van der Waals surface area contributed by atoms with Crippen LogP contribution in [0.15, 0.2) is 6.20 Å². The Balaban J connectivity index is 2.12. The Bertz CT molecular complexity index is 644. The average molecular weight is 281 g/mol. The fourth-order valence-corrected chi connectivity index (χ4v) is 2.31. The topological polar surface area (TPSA) is 57.7 Å². The summed E-state index contributed by atoms with van der Waals surface area (Å²) in [5.41, 5.74) is 0.339. The highest BCUT2D eigenvalue weighted by molar-refractivity contribution is 5.86. The molecule has 0 spiro atoms.